The molecule has 1 aliphatic rings. The molecule has 3 rings (SSSR count). The molecular weight excluding hydrogens is 490 g/mol. The molecule has 0 aliphatic carbocycles. The van der Waals surface area contributed by atoms with Crippen molar-refractivity contribution in [1.82, 2.24) is 15.3 Å². The predicted molar refractivity (Wildman–Crippen MR) is 129 cm³/mol. The van der Waals surface area contributed by atoms with Crippen molar-refractivity contribution in [1.29, 1.82) is 0 Å². The molecular formula is C20H25CaN7O7. The number of fused-ring (bicyclic) bond motifs is 1. The number of carbonyl (C=O) groups excluding carboxylic acids is 2. The first kappa shape index (κ1) is 27.9. The number of benzene rings is 1. The van der Waals surface area contributed by atoms with Gasteiger partial charge in [-0.2, -0.15) is 4.98 Å². The van der Waals surface area contributed by atoms with Crippen molar-refractivity contribution in [3.8, 4) is 0 Å². The number of aromatic nitrogens is 2. The molecule has 0 radical (unpaired) electrons. The Kier molecular flexibility index (Phi) is 9.86. The molecule has 9 N–H and O–H groups in total. The van der Waals surface area contributed by atoms with Crippen LogP contribution >= 0.6 is 0 Å². The normalized spacial score (nSPS) is 15.6. The molecule has 0 fully saturated rings. The van der Waals surface area contributed by atoms with E-state index in [0.717, 1.165) is 0 Å². The number of aromatic amines is 1. The summed E-state index contributed by atoms with van der Waals surface area (Å²) >= 11 is 0. The van der Waals surface area contributed by atoms with Gasteiger partial charge in [-0.3, -0.25) is 19.4 Å². The van der Waals surface area contributed by atoms with Crippen LogP contribution < -0.4 is 32.6 Å². The van der Waals surface area contributed by atoms with Gasteiger partial charge in [-0.1, -0.05) is 0 Å². The minimum absolute atomic E-state index is 0. The molecule has 1 amide bonds. The smallest absolute Gasteiger partial charge is 1.00 e. The van der Waals surface area contributed by atoms with Crippen molar-refractivity contribution in [2.24, 2.45) is 5.92 Å². The van der Waals surface area contributed by atoms with E-state index in [1.165, 1.54) is 12.1 Å². The number of aliphatic carboxylic acids is 2. The Labute approximate surface area is 231 Å². The molecule has 1 aliphatic heterocycles. The van der Waals surface area contributed by atoms with Gasteiger partial charge in [0.15, 0.2) is 5.82 Å². The first-order valence-corrected chi connectivity index (χ1v) is 10.1. The van der Waals surface area contributed by atoms with Crippen LogP contribution in [-0.2, 0) is 14.4 Å². The van der Waals surface area contributed by atoms with Crippen molar-refractivity contribution >= 4 is 85.0 Å². The molecule has 35 heavy (non-hydrogen) atoms. The number of nitrogens with two attached hydrogens (primary N) is 1. The molecule has 0 saturated carbocycles. The van der Waals surface area contributed by atoms with Crippen LogP contribution in [0.25, 0.3) is 0 Å². The van der Waals surface area contributed by atoms with Crippen molar-refractivity contribution in [3.63, 3.8) is 0 Å². The van der Waals surface area contributed by atoms with Crippen LogP contribution in [0.2, 0.25) is 0 Å². The Morgan fingerprint density at radius 2 is 1.91 bits per heavy atom. The number of nitrogens with one attached hydrogen (secondary N) is 5. The summed E-state index contributed by atoms with van der Waals surface area (Å²) in [4.78, 5) is 64.0. The van der Waals surface area contributed by atoms with Gasteiger partial charge in [0.2, 0.25) is 5.95 Å². The molecule has 15 heteroatoms. The number of H-pyrrole nitrogens is 1. The van der Waals surface area contributed by atoms with Crippen LogP contribution in [0.3, 0.4) is 0 Å². The van der Waals surface area contributed by atoms with Gasteiger partial charge in [-0.05, 0) is 30.7 Å². The van der Waals surface area contributed by atoms with Crippen molar-refractivity contribution < 1.29 is 32.2 Å². The van der Waals surface area contributed by atoms with E-state index in [9.17, 15) is 29.1 Å². The summed E-state index contributed by atoms with van der Waals surface area (Å²) in [6.45, 7) is 0.899. The van der Waals surface area contributed by atoms with E-state index in [1.54, 1.807) is 12.1 Å². The van der Waals surface area contributed by atoms with Gasteiger partial charge in [0.25, 0.3) is 11.5 Å². The summed E-state index contributed by atoms with van der Waals surface area (Å²) in [5, 5.41) is 29.7. The Morgan fingerprint density at radius 3 is 2.51 bits per heavy atom. The van der Waals surface area contributed by atoms with Crippen molar-refractivity contribution in [2.45, 2.75) is 18.5 Å². The zero-order valence-electron chi connectivity index (χ0n) is 20.4. The van der Waals surface area contributed by atoms with Gasteiger partial charge in [0.1, 0.15) is 23.9 Å². The summed E-state index contributed by atoms with van der Waals surface area (Å²) in [6, 6.07) is 4.44. The average molecular weight is 516 g/mol. The zero-order valence-corrected chi connectivity index (χ0v) is 20.6. The second kappa shape index (κ2) is 12.4. The molecule has 184 valence electrons. The Hall–Kier alpha value is -3.36. The molecule has 0 bridgehead atoms. The average Bonchev–Trinajstić information content (AvgIpc) is 2.80. The third kappa shape index (κ3) is 7.31. The van der Waals surface area contributed by atoms with E-state index in [2.05, 4.69) is 31.2 Å². The summed E-state index contributed by atoms with van der Waals surface area (Å²) in [6.07, 6.45) is -0.446. The van der Waals surface area contributed by atoms with Crippen LogP contribution in [-0.4, -0.2) is 107 Å². The third-order valence-electron chi connectivity index (χ3n) is 5.08. The largest absolute Gasteiger partial charge is 2.00 e. The second-order valence-electron chi connectivity index (χ2n) is 7.54. The van der Waals surface area contributed by atoms with Crippen LogP contribution in [0.15, 0.2) is 29.1 Å². The number of nitrogen functional groups attached to an aromatic ring is 1. The van der Waals surface area contributed by atoms with Gasteiger partial charge in [0.05, 0.1) is 6.04 Å². The molecule has 14 nitrogen and oxygen atoms in total. The number of nitrogens with zero attached hydrogens (tertiary/aromatic N) is 1. The summed E-state index contributed by atoms with van der Waals surface area (Å²) < 4.78 is 0. The van der Waals surface area contributed by atoms with Crippen LogP contribution in [0.4, 0.5) is 23.1 Å². The zero-order chi connectivity index (χ0) is 24.8. The van der Waals surface area contributed by atoms with Crippen LogP contribution in [0, 0.1) is 5.92 Å². The third-order valence-corrected chi connectivity index (χ3v) is 5.08. The minimum atomic E-state index is -1.55. The van der Waals surface area contributed by atoms with Gasteiger partial charge in [-0.15, -0.1) is 0 Å². The maximum atomic E-state index is 12.4. The maximum absolute atomic E-state index is 12.4. The van der Waals surface area contributed by atoms with Crippen LogP contribution in [0.1, 0.15) is 19.6 Å². The fourth-order valence-electron chi connectivity index (χ4n) is 3.26. The number of hydrogen-bond acceptors (Lipinski definition) is 10. The minimum Gasteiger partial charge on any atom is -1.00 e. The molecule has 3 unspecified atom stereocenters. The number of carbonyl (C=O) groups is 4. The quantitative estimate of drug-likeness (QED) is 0.108. The Morgan fingerprint density at radius 1 is 1.23 bits per heavy atom. The molecule has 3 atom stereocenters. The molecule has 1 aromatic carbocycles. The van der Waals surface area contributed by atoms with Gasteiger partial charge in [-0.25, -0.2) is 4.79 Å². The van der Waals surface area contributed by atoms with Crippen molar-refractivity contribution in [3.05, 3.63) is 40.2 Å². The molecule has 0 spiro atoms. The maximum Gasteiger partial charge on any atom is 2.00 e. The first-order chi connectivity index (χ1) is 16.2. The van der Waals surface area contributed by atoms with Crippen LogP contribution in [0.5, 0.6) is 0 Å². The summed E-state index contributed by atoms with van der Waals surface area (Å²) in [7, 11) is 0. The first-order valence-electron chi connectivity index (χ1n) is 10.1. The van der Waals surface area contributed by atoms with E-state index in [1.807, 2.05) is 0 Å². The monoisotopic (exact) mass is 515 g/mol. The Balaban J connectivity index is 0.00000432. The van der Waals surface area contributed by atoms with Crippen molar-refractivity contribution in [2.75, 3.05) is 34.8 Å². The number of carboxylic acid groups (broad SMARTS) is 2. The number of hydrogen-bond donors (Lipinski definition) is 8. The fraction of sp³-hybridized carbons (Fsp3) is 0.300. The van der Waals surface area contributed by atoms with Gasteiger partial charge >= 0.3 is 49.7 Å². The topological polar surface area (TPSA) is 229 Å². The molecule has 2 heterocycles. The van der Waals surface area contributed by atoms with Gasteiger partial charge in [0, 0.05) is 24.3 Å². The number of rotatable bonds is 10. The van der Waals surface area contributed by atoms with E-state index >= 15 is 0 Å². The molecule has 1 aromatic heterocycles. The standard InChI is InChI=1S/C20H23N7O7.Ca.2H/c21-20-26-15-14(17(30)27-20)24-12(7-23-15)6-22-11-3-1-9(2-4-11)16(29)25-13(19(33)34)5-10(8-28)18(31)32;;;/h1-4,8,10,12-13,22,24H,5-7H2,(H,25,29)(H,31,32)(H,33,34)(H4,21,23,26,27,30);;;/q;+2;2*-1. The molecule has 0 saturated heterocycles. The summed E-state index contributed by atoms with van der Waals surface area (Å²) in [5.74, 6) is -4.82. The van der Waals surface area contributed by atoms with E-state index in [4.69, 9.17) is 10.8 Å². The van der Waals surface area contributed by atoms with E-state index in [-0.39, 0.29) is 70.1 Å². The Bertz CT molecular complexity index is 1170. The van der Waals surface area contributed by atoms with E-state index < -0.39 is 41.8 Å². The SMILES string of the molecule is Nc1nc2c(c(=O)[nH]1)NC(CNc1ccc(C(=O)NC(CC(C=O)C(=O)O)C(=O)O)cc1)CN2.[Ca+2].[H-].[H-]. The predicted octanol–water partition coefficient (Wildman–Crippen LogP) is -1.01. The second-order valence-corrected chi connectivity index (χ2v) is 7.54. The number of carboxylic acids is 2. The number of anilines is 4. The van der Waals surface area contributed by atoms with E-state index in [0.29, 0.717) is 24.6 Å². The number of amides is 1. The summed E-state index contributed by atoms with van der Waals surface area (Å²) in [5.41, 5.74) is 6.23. The molecule has 2 aromatic rings. The van der Waals surface area contributed by atoms with Gasteiger partial charge < -0.3 is 44.9 Å². The number of aldehydes is 1. The fourth-order valence-corrected chi connectivity index (χ4v) is 3.26.